The zero-order chi connectivity index (χ0) is 21.9. The largest absolute Gasteiger partial charge is 0.465 e. The first-order valence-corrected chi connectivity index (χ1v) is 10.3. The van der Waals surface area contributed by atoms with E-state index in [2.05, 4.69) is 0 Å². The lowest BCUT2D eigenvalue weighted by Crippen LogP contribution is -2.45. The second kappa shape index (κ2) is 8.53. The molecule has 2 heterocycles. The number of ether oxygens (including phenoxy) is 3. The van der Waals surface area contributed by atoms with Crippen LogP contribution in [0.5, 0.6) is 0 Å². The molecule has 3 rings (SSSR count). The Kier molecular flexibility index (Phi) is 6.24. The van der Waals surface area contributed by atoms with Gasteiger partial charge in [0.15, 0.2) is 0 Å². The van der Waals surface area contributed by atoms with Crippen molar-refractivity contribution >= 4 is 18.2 Å². The molecule has 0 radical (unpaired) electrons. The van der Waals surface area contributed by atoms with Gasteiger partial charge in [0.2, 0.25) is 0 Å². The Labute approximate surface area is 177 Å². The van der Waals surface area contributed by atoms with E-state index >= 15 is 0 Å². The molecule has 0 unspecified atom stereocenters. The van der Waals surface area contributed by atoms with Crippen LogP contribution in [0.2, 0.25) is 0 Å². The third-order valence-electron chi connectivity index (χ3n) is 5.41. The van der Waals surface area contributed by atoms with Crippen molar-refractivity contribution < 1.29 is 28.6 Å². The number of benzene rings is 1. The molecule has 8 nitrogen and oxygen atoms in total. The molecule has 2 aliphatic heterocycles. The van der Waals surface area contributed by atoms with Crippen LogP contribution >= 0.6 is 0 Å². The summed E-state index contributed by atoms with van der Waals surface area (Å²) in [5.41, 5.74) is -0.695. The average Bonchev–Trinajstić information content (AvgIpc) is 3.21. The van der Waals surface area contributed by atoms with Gasteiger partial charge in [-0.2, -0.15) is 0 Å². The Bertz CT molecular complexity index is 791. The van der Waals surface area contributed by atoms with E-state index in [1.54, 1.807) is 32.6 Å². The molecule has 2 aliphatic rings. The van der Waals surface area contributed by atoms with Crippen LogP contribution < -0.4 is 0 Å². The number of likely N-dealkylation sites (tertiary alicyclic amines) is 2. The Morgan fingerprint density at radius 2 is 1.60 bits per heavy atom. The number of hydrogen-bond acceptors (Lipinski definition) is 6. The molecular formula is C22H30N2O6. The summed E-state index contributed by atoms with van der Waals surface area (Å²) in [6.45, 7) is 8.51. The first-order valence-electron chi connectivity index (χ1n) is 10.3. The van der Waals surface area contributed by atoms with Gasteiger partial charge >= 0.3 is 18.2 Å². The van der Waals surface area contributed by atoms with E-state index in [1.807, 2.05) is 30.3 Å². The first kappa shape index (κ1) is 21.9. The molecule has 1 aromatic rings. The van der Waals surface area contributed by atoms with Gasteiger partial charge in [0.05, 0.1) is 6.61 Å². The van der Waals surface area contributed by atoms with Crippen LogP contribution in [0.3, 0.4) is 0 Å². The van der Waals surface area contributed by atoms with Crippen molar-refractivity contribution in [1.29, 1.82) is 0 Å². The van der Waals surface area contributed by atoms with E-state index < -0.39 is 23.2 Å². The minimum absolute atomic E-state index is 0.156. The lowest BCUT2D eigenvalue weighted by Gasteiger charge is -2.28. The van der Waals surface area contributed by atoms with Crippen LogP contribution in [0, 0.1) is 11.3 Å². The van der Waals surface area contributed by atoms with Gasteiger partial charge in [-0.05, 0) is 33.3 Å². The summed E-state index contributed by atoms with van der Waals surface area (Å²) in [4.78, 5) is 41.1. The average molecular weight is 418 g/mol. The maximum absolute atomic E-state index is 12.9. The lowest BCUT2D eigenvalue weighted by molar-refractivity contribution is -0.155. The van der Waals surface area contributed by atoms with Crippen LogP contribution in [-0.2, 0) is 25.6 Å². The minimum atomic E-state index is -0.960. The fourth-order valence-electron chi connectivity index (χ4n) is 4.04. The third kappa shape index (κ3) is 4.68. The fraction of sp³-hybridized carbons (Fsp3) is 0.591. The zero-order valence-corrected chi connectivity index (χ0v) is 18.1. The van der Waals surface area contributed by atoms with Gasteiger partial charge in [0.25, 0.3) is 0 Å². The minimum Gasteiger partial charge on any atom is -0.465 e. The Hall–Kier alpha value is -2.77. The second-order valence-electron chi connectivity index (χ2n) is 8.86. The number of nitrogens with zero attached hydrogens (tertiary/aromatic N) is 2. The summed E-state index contributed by atoms with van der Waals surface area (Å²) in [7, 11) is 0. The molecule has 2 fully saturated rings. The van der Waals surface area contributed by atoms with Crippen LogP contribution in [0.1, 0.15) is 33.3 Å². The molecule has 164 valence electrons. The number of amides is 2. The number of carbonyl (C=O) groups is 3. The third-order valence-corrected chi connectivity index (χ3v) is 5.41. The van der Waals surface area contributed by atoms with E-state index in [4.69, 9.17) is 14.2 Å². The van der Waals surface area contributed by atoms with Crippen molar-refractivity contribution in [3.8, 4) is 0 Å². The molecule has 0 spiro atoms. The molecule has 0 bridgehead atoms. The SMILES string of the molecule is CCOC(=O)[C@@]12CN(C(=O)OCc3ccccc3)C[C@@H]1CN(C(=O)OC(C)(C)C)C2. The van der Waals surface area contributed by atoms with Gasteiger partial charge < -0.3 is 24.0 Å². The molecule has 30 heavy (non-hydrogen) atoms. The second-order valence-corrected chi connectivity index (χ2v) is 8.86. The van der Waals surface area contributed by atoms with Gasteiger partial charge in [-0.15, -0.1) is 0 Å². The quantitative estimate of drug-likeness (QED) is 0.552. The summed E-state index contributed by atoms with van der Waals surface area (Å²) < 4.78 is 16.2. The van der Waals surface area contributed by atoms with Crippen LogP contribution in [0.25, 0.3) is 0 Å². The topological polar surface area (TPSA) is 85.4 Å². The van der Waals surface area contributed by atoms with Crippen molar-refractivity contribution in [3.63, 3.8) is 0 Å². The van der Waals surface area contributed by atoms with Gasteiger partial charge in [0, 0.05) is 32.1 Å². The monoisotopic (exact) mass is 418 g/mol. The van der Waals surface area contributed by atoms with Crippen molar-refractivity contribution in [1.82, 2.24) is 9.80 Å². The number of rotatable bonds is 4. The Balaban J connectivity index is 1.68. The molecular weight excluding hydrogens is 388 g/mol. The maximum Gasteiger partial charge on any atom is 0.410 e. The zero-order valence-electron chi connectivity index (χ0n) is 18.1. The van der Waals surface area contributed by atoms with E-state index in [0.717, 1.165) is 5.56 Å². The molecule has 1 aromatic carbocycles. The van der Waals surface area contributed by atoms with Crippen molar-refractivity contribution in [2.45, 2.75) is 39.9 Å². The molecule has 0 saturated carbocycles. The molecule has 0 aromatic heterocycles. The molecule has 2 amide bonds. The highest BCUT2D eigenvalue weighted by atomic mass is 16.6. The predicted molar refractivity (Wildman–Crippen MR) is 109 cm³/mol. The molecule has 0 N–H and O–H groups in total. The van der Waals surface area contributed by atoms with E-state index in [9.17, 15) is 14.4 Å². The van der Waals surface area contributed by atoms with Crippen molar-refractivity contribution in [2.75, 3.05) is 32.8 Å². The van der Waals surface area contributed by atoms with Gasteiger partial charge in [-0.1, -0.05) is 30.3 Å². The maximum atomic E-state index is 12.9. The summed E-state index contributed by atoms with van der Waals surface area (Å²) in [6, 6.07) is 9.41. The van der Waals surface area contributed by atoms with Crippen molar-refractivity contribution in [2.24, 2.45) is 11.3 Å². The molecule has 2 atom stereocenters. The van der Waals surface area contributed by atoms with Gasteiger partial charge in [0.1, 0.15) is 17.6 Å². The highest BCUT2D eigenvalue weighted by Gasteiger charge is 2.60. The highest BCUT2D eigenvalue weighted by Crippen LogP contribution is 2.44. The Morgan fingerprint density at radius 3 is 2.17 bits per heavy atom. The summed E-state index contributed by atoms with van der Waals surface area (Å²) in [6.07, 6.45) is -0.931. The molecule has 8 heteroatoms. The predicted octanol–water partition coefficient (Wildman–Crippen LogP) is 3.06. The van der Waals surface area contributed by atoms with Crippen LogP contribution in [-0.4, -0.2) is 66.3 Å². The number of esters is 1. The van der Waals surface area contributed by atoms with E-state index in [0.29, 0.717) is 13.1 Å². The van der Waals surface area contributed by atoms with Crippen LogP contribution in [0.4, 0.5) is 9.59 Å². The fourth-order valence-corrected chi connectivity index (χ4v) is 4.04. The standard InChI is InChI=1S/C22H30N2O6/c1-5-28-18(25)22-14-23(19(26)29-13-16-9-7-6-8-10-16)11-17(22)12-24(15-22)20(27)30-21(2,3)4/h6-10,17H,5,11-15H2,1-4H3/t17-,22-/m1/s1. The summed E-state index contributed by atoms with van der Waals surface area (Å²) in [5, 5.41) is 0. The van der Waals surface area contributed by atoms with Gasteiger partial charge in [-0.3, -0.25) is 4.79 Å². The molecule has 2 saturated heterocycles. The first-order chi connectivity index (χ1) is 14.1. The highest BCUT2D eigenvalue weighted by molar-refractivity contribution is 5.82. The summed E-state index contributed by atoms with van der Waals surface area (Å²) in [5.74, 6) is -0.618. The normalized spacial score (nSPS) is 23.1. The van der Waals surface area contributed by atoms with Crippen LogP contribution in [0.15, 0.2) is 30.3 Å². The van der Waals surface area contributed by atoms with E-state index in [-0.39, 0.29) is 38.2 Å². The number of hydrogen-bond donors (Lipinski definition) is 0. The number of fused-ring (bicyclic) bond motifs is 1. The molecule has 0 aliphatic carbocycles. The van der Waals surface area contributed by atoms with Crippen molar-refractivity contribution in [3.05, 3.63) is 35.9 Å². The smallest absolute Gasteiger partial charge is 0.410 e. The van der Waals surface area contributed by atoms with Gasteiger partial charge in [-0.25, -0.2) is 9.59 Å². The Morgan fingerprint density at radius 1 is 1.00 bits per heavy atom. The lowest BCUT2D eigenvalue weighted by atomic mass is 9.81. The summed E-state index contributed by atoms with van der Waals surface area (Å²) >= 11 is 0. The number of carbonyl (C=O) groups excluding carboxylic acids is 3. The van der Waals surface area contributed by atoms with E-state index in [1.165, 1.54) is 4.90 Å².